The van der Waals surface area contributed by atoms with Gasteiger partial charge in [-0.3, -0.25) is 0 Å². The van der Waals surface area contributed by atoms with Crippen LogP contribution in [0.25, 0.3) is 88.0 Å². The molecule has 1 spiro atoms. The van der Waals surface area contributed by atoms with E-state index in [0.29, 0.717) is 16.8 Å². The van der Waals surface area contributed by atoms with Crippen molar-refractivity contribution in [3.8, 4) is 55.6 Å². The Hall–Kier alpha value is -8.78. The summed E-state index contributed by atoms with van der Waals surface area (Å²) in [5.74, 6) is 0. The van der Waals surface area contributed by atoms with E-state index in [0.717, 1.165) is 60.7 Å². The van der Waals surface area contributed by atoms with E-state index in [1.807, 2.05) is 109 Å². The van der Waals surface area contributed by atoms with Crippen LogP contribution in [0.1, 0.15) is 48.3 Å². The lowest BCUT2D eigenvalue weighted by atomic mass is 9.70. The summed E-state index contributed by atoms with van der Waals surface area (Å²) in [6.07, 6.45) is 0. The maximum absolute atomic E-state index is 10.3. The van der Waals surface area contributed by atoms with Gasteiger partial charge in [0, 0.05) is 16.8 Å². The molecule has 12 aromatic rings. The summed E-state index contributed by atoms with van der Waals surface area (Å²) >= 11 is 0. The minimum Gasteiger partial charge on any atom is -0.310 e. The summed E-state index contributed by atoms with van der Waals surface area (Å²) in [6, 6.07) is 32.1. The lowest BCUT2D eigenvalue weighted by molar-refractivity contribution is 0.793. The Morgan fingerprint density at radius 2 is 0.853 bits per heavy atom. The lowest BCUT2D eigenvalue weighted by Gasteiger charge is -2.32. The van der Waals surface area contributed by atoms with Gasteiger partial charge in [-0.1, -0.05) is 230 Å². The Morgan fingerprint density at radius 3 is 1.56 bits per heavy atom. The normalized spacial score (nSPS) is 16.7. The van der Waals surface area contributed by atoms with E-state index >= 15 is 0 Å². The van der Waals surface area contributed by atoms with Gasteiger partial charge in [-0.2, -0.15) is 0 Å². The highest BCUT2D eigenvalue weighted by Gasteiger charge is 2.51. The molecule has 0 saturated heterocycles. The van der Waals surface area contributed by atoms with E-state index in [1.54, 1.807) is 4.90 Å². The van der Waals surface area contributed by atoms with Gasteiger partial charge in [0.2, 0.25) is 0 Å². The van der Waals surface area contributed by atoms with Crippen molar-refractivity contribution in [1.29, 1.82) is 0 Å². The molecule has 68 heavy (non-hydrogen) atoms. The average Bonchev–Trinajstić information content (AvgIpc) is 1.58. The van der Waals surface area contributed by atoms with Crippen molar-refractivity contribution in [3.63, 3.8) is 0 Å². The number of nitrogens with zero attached hydrogens (tertiary/aromatic N) is 1. The van der Waals surface area contributed by atoms with Crippen molar-refractivity contribution in [2.75, 3.05) is 4.90 Å². The monoisotopic (exact) mass is 880 g/mol. The molecule has 0 saturated carbocycles. The van der Waals surface area contributed by atoms with Crippen LogP contribution in [0.4, 0.5) is 17.1 Å². The van der Waals surface area contributed by atoms with Crippen molar-refractivity contribution < 1.29 is 26.0 Å². The molecule has 12 aromatic carbocycles. The summed E-state index contributed by atoms with van der Waals surface area (Å²) in [6.45, 7) is 0. The van der Waals surface area contributed by atoms with Gasteiger partial charge in [0.15, 0.2) is 0 Å². The van der Waals surface area contributed by atoms with E-state index in [4.69, 9.17) is 11.0 Å². The largest absolute Gasteiger partial charge is 0.310 e. The molecule has 0 radical (unpaired) electrons. The predicted octanol–water partition coefficient (Wildman–Crippen LogP) is 18.0. The molecule has 0 aromatic heterocycles. The van der Waals surface area contributed by atoms with Gasteiger partial charge in [0.05, 0.1) is 37.1 Å². The fourth-order valence-corrected chi connectivity index (χ4v) is 10.7. The molecule has 0 amide bonds. The van der Waals surface area contributed by atoms with Crippen LogP contribution in [0.2, 0.25) is 0 Å². The quantitative estimate of drug-likeness (QED) is 0.150. The second-order valence-electron chi connectivity index (χ2n) is 16.8. The van der Waals surface area contributed by atoms with Crippen molar-refractivity contribution >= 4 is 49.4 Å². The second-order valence-corrected chi connectivity index (χ2v) is 16.8. The number of fused-ring (bicyclic) bond motifs is 14. The molecule has 0 aliphatic heterocycles. The highest BCUT2D eigenvalue weighted by molar-refractivity contribution is 6.15. The fourth-order valence-electron chi connectivity index (χ4n) is 10.7. The molecule has 2 aliphatic rings. The molecule has 0 N–H and O–H groups in total. The van der Waals surface area contributed by atoms with Crippen LogP contribution < -0.4 is 4.90 Å². The summed E-state index contributed by atoms with van der Waals surface area (Å²) in [5, 5.41) is 2.01. The smallest absolute Gasteiger partial charge is 0.0726 e. The standard InChI is InChI=1S/C67H43N/c1-2-16-44(17-3-1)45-30-32-48(33-31-45)66-53-21-7-4-18-46(53)36-40-54(66)47-34-37-50(38-35-47)68(65-42-49-19-5-6-20-52(49)55-22-8-9-26-60(55)65)51-39-41-59-58-25-12-15-29-63(58)67(64(59)43-51)61-27-13-10-23-56(61)57-24-11-14-28-62(57)67/h1-43H/i1D,2D,3D,4D,7D,16D,17D,18D,21D,30D,31D,32D,33D,34D,35D,36D,37D,38D,40D. The minimum atomic E-state index is -0.977. The van der Waals surface area contributed by atoms with Gasteiger partial charge in [-0.15, -0.1) is 0 Å². The summed E-state index contributed by atoms with van der Waals surface area (Å²) in [4.78, 5) is 1.69. The third-order valence-electron chi connectivity index (χ3n) is 13.4. The van der Waals surface area contributed by atoms with E-state index in [2.05, 4.69) is 36.4 Å². The first-order valence-electron chi connectivity index (χ1n) is 31.6. The van der Waals surface area contributed by atoms with Crippen LogP contribution in [0.5, 0.6) is 0 Å². The fraction of sp³-hybridized carbons (Fsp3) is 0.0149. The highest BCUT2D eigenvalue weighted by atomic mass is 15.1. The van der Waals surface area contributed by atoms with Crippen LogP contribution in [0.3, 0.4) is 0 Å². The Balaban J connectivity index is 1.09. The average molecular weight is 881 g/mol. The Labute approximate surface area is 423 Å². The van der Waals surface area contributed by atoms with Crippen molar-refractivity contribution in [2.45, 2.75) is 5.41 Å². The molecule has 0 fully saturated rings. The van der Waals surface area contributed by atoms with E-state index in [-0.39, 0.29) is 5.69 Å². The van der Waals surface area contributed by atoms with Crippen LogP contribution in [0, 0.1) is 0 Å². The molecular weight excluding hydrogens is 819 g/mol. The molecule has 0 atom stereocenters. The molecule has 14 rings (SSSR count). The lowest BCUT2D eigenvalue weighted by Crippen LogP contribution is -2.26. The van der Waals surface area contributed by atoms with Gasteiger partial charge < -0.3 is 4.90 Å². The first-order chi connectivity index (χ1) is 41.7. The van der Waals surface area contributed by atoms with Crippen molar-refractivity contribution in [2.24, 2.45) is 0 Å². The van der Waals surface area contributed by atoms with E-state index < -0.39 is 164 Å². The van der Waals surface area contributed by atoms with Crippen LogP contribution in [-0.2, 0) is 5.41 Å². The predicted molar refractivity (Wildman–Crippen MR) is 286 cm³/mol. The summed E-state index contributed by atoms with van der Waals surface area (Å²) in [7, 11) is 0. The maximum Gasteiger partial charge on any atom is 0.0726 e. The van der Waals surface area contributed by atoms with Crippen LogP contribution in [0.15, 0.2) is 260 Å². The molecule has 1 heteroatoms. The SMILES string of the molecule is [2H]c1c([2H])c([2H])c(-c2c([2H])c([2H])c(-c3c(-c4c([2H])c([2H])c(N(c5ccc6c(c5)C5(c7ccccc7-c7ccccc75)c5ccccc5-6)c5cc6ccccc6c6ccccc56)c([2H])c4[2H])c([2H])c([2H])c4c([2H])c([2H])c([2H])c([2H])c34)c([2H])c2[2H])c([2H])c1[2H]. The summed E-state index contributed by atoms with van der Waals surface area (Å²) in [5.41, 5.74) is 3.74. The maximum atomic E-state index is 10.3. The topological polar surface area (TPSA) is 3.24 Å². The van der Waals surface area contributed by atoms with Gasteiger partial charge in [-0.25, -0.2) is 0 Å². The molecule has 0 unspecified atom stereocenters. The summed E-state index contributed by atoms with van der Waals surface area (Å²) < 4.78 is 177. The zero-order chi connectivity index (χ0) is 61.3. The molecule has 1 nitrogen and oxygen atoms in total. The van der Waals surface area contributed by atoms with Gasteiger partial charge in [0.1, 0.15) is 0 Å². The zero-order valence-electron chi connectivity index (χ0n) is 54.8. The third-order valence-corrected chi connectivity index (χ3v) is 13.4. The third kappa shape index (κ3) is 5.63. The van der Waals surface area contributed by atoms with E-state index in [9.17, 15) is 15.1 Å². The first kappa shape index (κ1) is 24.1. The Bertz CT molecular complexity index is 4980. The first-order valence-corrected chi connectivity index (χ1v) is 22.1. The van der Waals surface area contributed by atoms with Crippen LogP contribution in [-0.4, -0.2) is 0 Å². The van der Waals surface area contributed by atoms with E-state index in [1.165, 1.54) is 0 Å². The second kappa shape index (κ2) is 15.1. The molecule has 316 valence electrons. The Morgan fingerprint density at radius 1 is 0.309 bits per heavy atom. The highest BCUT2D eigenvalue weighted by Crippen LogP contribution is 2.63. The van der Waals surface area contributed by atoms with Crippen molar-refractivity contribution in [1.82, 2.24) is 0 Å². The number of hydrogen-bond donors (Lipinski definition) is 0. The minimum absolute atomic E-state index is 0.250. The number of benzene rings is 12. The number of rotatable bonds is 6. The van der Waals surface area contributed by atoms with Gasteiger partial charge >= 0.3 is 0 Å². The zero-order valence-corrected chi connectivity index (χ0v) is 35.8. The van der Waals surface area contributed by atoms with Crippen LogP contribution >= 0.6 is 0 Å². The number of hydrogen-bond acceptors (Lipinski definition) is 1. The Kier molecular flexibility index (Phi) is 5.37. The molecule has 0 heterocycles. The number of anilines is 3. The molecule has 2 aliphatic carbocycles. The molecule has 0 bridgehead atoms. The van der Waals surface area contributed by atoms with Crippen molar-refractivity contribution in [3.05, 3.63) is 283 Å². The van der Waals surface area contributed by atoms with Gasteiger partial charge in [-0.05, 0) is 135 Å². The van der Waals surface area contributed by atoms with Gasteiger partial charge in [0.25, 0.3) is 0 Å². The molecular formula is C67H43N.